The maximum Gasteiger partial charge on any atom is 0.326 e. The molecule has 0 aliphatic rings. The Morgan fingerprint density at radius 2 is 1.45 bits per heavy atom. The van der Waals surface area contributed by atoms with Crippen LogP contribution in [0.15, 0.2) is 0 Å². The molecule has 0 saturated carbocycles. The normalized spacial score (nSPS) is 16.1. The number of hydrogen-bond donors (Lipinski definition) is 5. The zero-order valence-corrected chi connectivity index (χ0v) is 20.1. The van der Waals surface area contributed by atoms with Crippen molar-refractivity contribution in [3.63, 3.8) is 0 Å². The standard InChI is InChI=1S/C22H38N2O9/c1-10(2)7-14(23)18(28)16(25)8-13(11(3)4)22(32)33-19(12(5)6)20(29)24-15(21(30)31)9-17(26)27/h10-15,18-19,28H,7-9,23H2,1-6H3,(H,24,29)(H,26,27)(H,30,31)/t13-,14+,15-,18-,19-/m0/s1. The molecule has 0 fully saturated rings. The molecule has 11 heteroatoms. The number of aliphatic carboxylic acids is 2. The molecule has 0 saturated heterocycles. The molecular weight excluding hydrogens is 436 g/mol. The monoisotopic (exact) mass is 474 g/mol. The van der Waals surface area contributed by atoms with E-state index in [1.54, 1.807) is 27.7 Å². The maximum atomic E-state index is 12.8. The fourth-order valence-electron chi connectivity index (χ4n) is 3.17. The molecule has 190 valence electrons. The molecule has 5 atom stereocenters. The molecule has 33 heavy (non-hydrogen) atoms. The van der Waals surface area contributed by atoms with Crippen LogP contribution in [0.5, 0.6) is 0 Å². The molecule has 0 aromatic rings. The molecule has 0 spiro atoms. The molecule has 0 aromatic heterocycles. The van der Waals surface area contributed by atoms with Crippen molar-refractivity contribution < 1.29 is 44.0 Å². The minimum Gasteiger partial charge on any atom is -0.481 e. The Labute approximate surface area is 194 Å². The summed E-state index contributed by atoms with van der Waals surface area (Å²) in [6, 6.07) is -2.48. The highest BCUT2D eigenvalue weighted by Gasteiger charge is 2.36. The van der Waals surface area contributed by atoms with Gasteiger partial charge in [0, 0.05) is 12.5 Å². The molecule has 0 aliphatic carbocycles. The molecule has 0 rings (SSSR count). The maximum absolute atomic E-state index is 12.8. The van der Waals surface area contributed by atoms with Gasteiger partial charge in [-0.2, -0.15) is 0 Å². The van der Waals surface area contributed by atoms with Crippen LogP contribution in [-0.4, -0.2) is 69.2 Å². The number of Topliss-reactive ketones (excluding diaryl/α,β-unsaturated/α-hetero) is 1. The third-order valence-electron chi connectivity index (χ3n) is 5.11. The average Bonchev–Trinajstić information content (AvgIpc) is 2.66. The van der Waals surface area contributed by atoms with Crippen molar-refractivity contribution in [2.24, 2.45) is 29.4 Å². The number of carboxylic acids is 2. The summed E-state index contributed by atoms with van der Waals surface area (Å²) in [6.45, 7) is 10.3. The molecule has 0 heterocycles. The van der Waals surface area contributed by atoms with E-state index in [4.69, 9.17) is 20.7 Å². The number of ketones is 1. The highest BCUT2D eigenvalue weighted by Crippen LogP contribution is 2.22. The second-order valence-corrected chi connectivity index (χ2v) is 9.36. The van der Waals surface area contributed by atoms with E-state index in [9.17, 15) is 29.1 Å². The first-order valence-corrected chi connectivity index (χ1v) is 11.0. The van der Waals surface area contributed by atoms with Gasteiger partial charge in [-0.05, 0) is 24.2 Å². The third kappa shape index (κ3) is 10.8. The lowest BCUT2D eigenvalue weighted by atomic mass is 9.87. The van der Waals surface area contributed by atoms with Crippen molar-refractivity contribution in [3.8, 4) is 0 Å². The summed E-state index contributed by atoms with van der Waals surface area (Å²) in [4.78, 5) is 60.0. The smallest absolute Gasteiger partial charge is 0.326 e. The van der Waals surface area contributed by atoms with Crippen molar-refractivity contribution >= 4 is 29.6 Å². The molecule has 0 bridgehead atoms. The number of carbonyl (C=O) groups is 5. The summed E-state index contributed by atoms with van der Waals surface area (Å²) < 4.78 is 5.33. The fourth-order valence-corrected chi connectivity index (χ4v) is 3.17. The van der Waals surface area contributed by atoms with Crippen molar-refractivity contribution in [3.05, 3.63) is 0 Å². The van der Waals surface area contributed by atoms with E-state index in [-0.39, 0.29) is 18.3 Å². The van der Waals surface area contributed by atoms with Gasteiger partial charge in [0.2, 0.25) is 0 Å². The molecular formula is C22H38N2O9. The number of esters is 1. The molecule has 0 unspecified atom stereocenters. The van der Waals surface area contributed by atoms with Crippen molar-refractivity contribution in [2.75, 3.05) is 0 Å². The van der Waals surface area contributed by atoms with Crippen LogP contribution in [0.1, 0.15) is 60.8 Å². The zero-order valence-electron chi connectivity index (χ0n) is 20.1. The first-order valence-electron chi connectivity index (χ1n) is 11.0. The van der Waals surface area contributed by atoms with Gasteiger partial charge in [-0.1, -0.05) is 41.5 Å². The Bertz CT molecular complexity index is 706. The van der Waals surface area contributed by atoms with Crippen molar-refractivity contribution in [1.29, 1.82) is 0 Å². The van der Waals surface area contributed by atoms with Gasteiger partial charge in [-0.25, -0.2) is 4.79 Å². The van der Waals surface area contributed by atoms with Crippen LogP contribution in [0.25, 0.3) is 0 Å². The number of rotatable bonds is 15. The Morgan fingerprint density at radius 3 is 1.85 bits per heavy atom. The number of hydrogen-bond acceptors (Lipinski definition) is 8. The molecule has 1 amide bonds. The van der Waals surface area contributed by atoms with Gasteiger partial charge in [0.25, 0.3) is 5.91 Å². The quantitative estimate of drug-likeness (QED) is 0.209. The lowest BCUT2D eigenvalue weighted by molar-refractivity contribution is -0.166. The molecule has 11 nitrogen and oxygen atoms in total. The summed E-state index contributed by atoms with van der Waals surface area (Å²) in [5, 5.41) is 30.3. The van der Waals surface area contributed by atoms with Gasteiger partial charge in [-0.3, -0.25) is 19.2 Å². The zero-order chi connectivity index (χ0) is 26.0. The van der Waals surface area contributed by atoms with E-state index in [0.717, 1.165) is 0 Å². The average molecular weight is 475 g/mol. The SMILES string of the molecule is CC(C)C[C@@H](N)[C@H](O)C(=O)C[C@H](C(=O)O[C@H](C(=O)N[C@@H](CC(=O)O)C(=O)O)C(C)C)C(C)C. The van der Waals surface area contributed by atoms with Gasteiger partial charge in [-0.15, -0.1) is 0 Å². The van der Waals surface area contributed by atoms with E-state index in [1.807, 2.05) is 13.8 Å². The summed E-state index contributed by atoms with van der Waals surface area (Å²) in [6.07, 6.45) is -3.62. The van der Waals surface area contributed by atoms with Gasteiger partial charge in [0.1, 0.15) is 12.1 Å². The first kappa shape index (κ1) is 30.5. The Balaban J connectivity index is 5.41. The van der Waals surface area contributed by atoms with E-state index in [1.165, 1.54) is 0 Å². The van der Waals surface area contributed by atoms with Gasteiger partial charge in [0.05, 0.1) is 12.3 Å². The van der Waals surface area contributed by atoms with Crippen molar-refractivity contribution in [1.82, 2.24) is 5.32 Å². The van der Waals surface area contributed by atoms with Crippen LogP contribution in [0, 0.1) is 23.7 Å². The Kier molecular flexibility index (Phi) is 12.8. The number of aliphatic hydroxyl groups is 1. The van der Waals surface area contributed by atoms with Gasteiger partial charge in [0.15, 0.2) is 11.9 Å². The molecule has 6 N–H and O–H groups in total. The van der Waals surface area contributed by atoms with Crippen LogP contribution >= 0.6 is 0 Å². The predicted octanol–water partition coefficient (Wildman–Crippen LogP) is 0.564. The summed E-state index contributed by atoms with van der Waals surface area (Å²) >= 11 is 0. The van der Waals surface area contributed by atoms with Gasteiger partial charge < -0.3 is 31.1 Å². The number of nitrogens with one attached hydrogen (secondary N) is 1. The Morgan fingerprint density at radius 1 is 0.909 bits per heavy atom. The summed E-state index contributed by atoms with van der Waals surface area (Å²) in [5.41, 5.74) is 5.88. The van der Waals surface area contributed by atoms with Crippen LogP contribution in [0.3, 0.4) is 0 Å². The van der Waals surface area contributed by atoms with E-state index < -0.39 is 72.1 Å². The van der Waals surface area contributed by atoms with Crippen LogP contribution in [0.4, 0.5) is 0 Å². The minimum atomic E-state index is -1.70. The van der Waals surface area contributed by atoms with E-state index >= 15 is 0 Å². The van der Waals surface area contributed by atoms with E-state index in [2.05, 4.69) is 5.32 Å². The first-order chi connectivity index (χ1) is 15.1. The number of carboxylic acid groups (broad SMARTS) is 2. The number of amides is 1. The molecule has 0 aliphatic heterocycles. The number of aliphatic hydroxyl groups excluding tert-OH is 1. The second kappa shape index (κ2) is 13.9. The van der Waals surface area contributed by atoms with Crippen LogP contribution in [0.2, 0.25) is 0 Å². The minimum absolute atomic E-state index is 0.161. The van der Waals surface area contributed by atoms with Crippen LogP contribution < -0.4 is 11.1 Å². The summed E-state index contributed by atoms with van der Waals surface area (Å²) in [5.74, 6) is -7.15. The number of carbonyl (C=O) groups excluding carboxylic acids is 3. The topological polar surface area (TPSA) is 193 Å². The largest absolute Gasteiger partial charge is 0.481 e. The number of ether oxygens (including phenoxy) is 1. The highest BCUT2D eigenvalue weighted by molar-refractivity contribution is 5.91. The highest BCUT2D eigenvalue weighted by atomic mass is 16.5. The van der Waals surface area contributed by atoms with Gasteiger partial charge >= 0.3 is 17.9 Å². The van der Waals surface area contributed by atoms with E-state index in [0.29, 0.717) is 6.42 Å². The third-order valence-corrected chi connectivity index (χ3v) is 5.11. The number of nitrogens with two attached hydrogens (primary N) is 1. The van der Waals surface area contributed by atoms with Crippen LogP contribution in [-0.2, 0) is 28.7 Å². The molecule has 0 radical (unpaired) electrons. The predicted molar refractivity (Wildman–Crippen MR) is 118 cm³/mol. The molecule has 0 aromatic carbocycles. The second-order valence-electron chi connectivity index (χ2n) is 9.36. The van der Waals surface area contributed by atoms with Crippen molar-refractivity contribution in [2.45, 2.75) is 85.1 Å². The lowest BCUT2D eigenvalue weighted by Crippen LogP contribution is -2.50. The lowest BCUT2D eigenvalue weighted by Gasteiger charge is -2.27. The summed E-state index contributed by atoms with van der Waals surface area (Å²) in [7, 11) is 0. The Hall–Kier alpha value is -2.53. The fraction of sp³-hybridized carbons (Fsp3) is 0.773.